The first-order valence-electron chi connectivity index (χ1n) is 7.75. The molecule has 0 bridgehead atoms. The number of halogens is 4. The van der Waals surface area contributed by atoms with E-state index in [1.165, 1.54) is 0 Å². The van der Waals surface area contributed by atoms with Gasteiger partial charge in [-0.25, -0.2) is 4.39 Å². The highest BCUT2D eigenvalue weighted by Crippen LogP contribution is 2.27. The fourth-order valence-corrected chi connectivity index (χ4v) is 2.30. The molecule has 2 rings (SSSR count). The maximum absolute atomic E-state index is 13.4. The fraction of sp³-hybridized carbons (Fsp3) is 0.278. The summed E-state index contributed by atoms with van der Waals surface area (Å²) in [6.45, 7) is 1.90. The van der Waals surface area contributed by atoms with Crippen molar-refractivity contribution in [3.8, 4) is 5.75 Å². The molecule has 8 heteroatoms. The predicted molar refractivity (Wildman–Crippen MR) is 91.0 cm³/mol. The van der Waals surface area contributed by atoms with Gasteiger partial charge in [-0.3, -0.25) is 4.79 Å². The Labute approximate surface area is 148 Å². The van der Waals surface area contributed by atoms with E-state index >= 15 is 0 Å². The molecular weight excluding hydrogens is 352 g/mol. The Hall–Kier alpha value is -2.77. The first-order valence-corrected chi connectivity index (χ1v) is 7.75. The SMILES string of the molecule is Cc1cccc(C)c1NC(=O)CNc1cc(F)ccc1OCC(F)(F)F. The Kier molecular flexibility index (Phi) is 6.07. The first-order chi connectivity index (χ1) is 12.2. The number of nitrogens with one attached hydrogen (secondary N) is 2. The predicted octanol–water partition coefficient (Wildman–Crippen LogP) is 4.43. The highest BCUT2D eigenvalue weighted by Gasteiger charge is 2.29. The molecule has 0 aromatic heterocycles. The summed E-state index contributed by atoms with van der Waals surface area (Å²) in [4.78, 5) is 12.1. The molecule has 0 atom stereocenters. The molecule has 0 aliphatic heterocycles. The van der Waals surface area contributed by atoms with Crippen LogP contribution in [0.2, 0.25) is 0 Å². The van der Waals surface area contributed by atoms with Crippen LogP contribution in [0.1, 0.15) is 11.1 Å². The average molecular weight is 370 g/mol. The third kappa shape index (κ3) is 5.65. The molecule has 4 nitrogen and oxygen atoms in total. The molecule has 0 spiro atoms. The molecule has 0 unspecified atom stereocenters. The second-order valence-corrected chi connectivity index (χ2v) is 5.71. The van der Waals surface area contributed by atoms with E-state index in [1.54, 1.807) is 0 Å². The van der Waals surface area contributed by atoms with Crippen molar-refractivity contribution in [3.05, 3.63) is 53.3 Å². The molecule has 0 aliphatic rings. The van der Waals surface area contributed by atoms with Crippen LogP contribution in [0.5, 0.6) is 5.75 Å². The smallest absolute Gasteiger partial charge is 0.422 e. The average Bonchev–Trinajstić information content (AvgIpc) is 2.54. The molecule has 140 valence electrons. The Balaban J connectivity index is 2.04. The molecule has 2 N–H and O–H groups in total. The van der Waals surface area contributed by atoms with Crippen LogP contribution in [-0.2, 0) is 4.79 Å². The van der Waals surface area contributed by atoms with E-state index < -0.39 is 24.5 Å². The van der Waals surface area contributed by atoms with Crippen molar-refractivity contribution in [1.29, 1.82) is 0 Å². The summed E-state index contributed by atoms with van der Waals surface area (Å²) < 4.78 is 54.9. The lowest BCUT2D eigenvalue weighted by Gasteiger charge is -2.15. The fourth-order valence-electron chi connectivity index (χ4n) is 2.30. The van der Waals surface area contributed by atoms with Gasteiger partial charge in [-0.15, -0.1) is 0 Å². The van der Waals surface area contributed by atoms with Crippen LogP contribution in [0.4, 0.5) is 28.9 Å². The molecule has 1 amide bonds. The number of hydrogen-bond acceptors (Lipinski definition) is 3. The minimum atomic E-state index is -4.52. The van der Waals surface area contributed by atoms with Crippen molar-refractivity contribution in [2.75, 3.05) is 23.8 Å². The minimum absolute atomic E-state index is 0.0362. The van der Waals surface area contributed by atoms with E-state index in [1.807, 2.05) is 32.0 Å². The van der Waals surface area contributed by atoms with Crippen LogP contribution in [0.25, 0.3) is 0 Å². The summed E-state index contributed by atoms with van der Waals surface area (Å²) in [6, 6.07) is 8.56. The van der Waals surface area contributed by atoms with Gasteiger partial charge in [0.2, 0.25) is 5.91 Å². The third-order valence-electron chi connectivity index (χ3n) is 3.52. The van der Waals surface area contributed by atoms with Crippen molar-refractivity contribution in [1.82, 2.24) is 0 Å². The molecule has 2 aromatic rings. The van der Waals surface area contributed by atoms with Crippen LogP contribution < -0.4 is 15.4 Å². The Morgan fingerprint density at radius 1 is 1.12 bits per heavy atom. The number of carbonyl (C=O) groups is 1. The van der Waals surface area contributed by atoms with E-state index in [0.29, 0.717) is 5.69 Å². The molecule has 26 heavy (non-hydrogen) atoms. The van der Waals surface area contributed by atoms with Gasteiger partial charge in [0, 0.05) is 11.8 Å². The zero-order valence-corrected chi connectivity index (χ0v) is 14.2. The number of rotatable bonds is 6. The summed E-state index contributed by atoms with van der Waals surface area (Å²) in [7, 11) is 0. The number of hydrogen-bond donors (Lipinski definition) is 2. The highest BCUT2D eigenvalue weighted by molar-refractivity contribution is 5.95. The van der Waals surface area contributed by atoms with Gasteiger partial charge < -0.3 is 15.4 Å². The number of anilines is 2. The van der Waals surface area contributed by atoms with Crippen LogP contribution >= 0.6 is 0 Å². The van der Waals surface area contributed by atoms with Gasteiger partial charge in [-0.2, -0.15) is 13.2 Å². The van der Waals surface area contributed by atoms with Gasteiger partial charge in [-0.1, -0.05) is 18.2 Å². The third-order valence-corrected chi connectivity index (χ3v) is 3.52. The number of aryl methyl sites for hydroxylation is 2. The minimum Gasteiger partial charge on any atom is -0.482 e. The van der Waals surface area contributed by atoms with E-state index in [4.69, 9.17) is 0 Å². The number of alkyl halides is 3. The molecule has 2 aromatic carbocycles. The summed E-state index contributed by atoms with van der Waals surface area (Å²) in [5.41, 5.74) is 2.37. The quantitative estimate of drug-likeness (QED) is 0.740. The number of ether oxygens (including phenoxy) is 1. The van der Waals surface area contributed by atoms with Gasteiger partial charge in [0.25, 0.3) is 0 Å². The summed E-state index contributed by atoms with van der Waals surface area (Å²) in [6.07, 6.45) is -4.52. The van der Waals surface area contributed by atoms with E-state index in [2.05, 4.69) is 15.4 Å². The van der Waals surface area contributed by atoms with Gasteiger partial charge in [0.15, 0.2) is 6.61 Å². The monoisotopic (exact) mass is 370 g/mol. The van der Waals surface area contributed by atoms with Crippen LogP contribution in [0.3, 0.4) is 0 Å². The van der Waals surface area contributed by atoms with E-state index in [-0.39, 0.29) is 18.0 Å². The van der Waals surface area contributed by atoms with Crippen molar-refractivity contribution in [2.45, 2.75) is 20.0 Å². The molecule has 0 heterocycles. The summed E-state index contributed by atoms with van der Waals surface area (Å²) in [5.74, 6) is -1.28. The van der Waals surface area contributed by atoms with Crippen molar-refractivity contribution in [2.24, 2.45) is 0 Å². The van der Waals surface area contributed by atoms with Gasteiger partial charge in [0.1, 0.15) is 11.6 Å². The van der Waals surface area contributed by atoms with Crippen LogP contribution in [0, 0.1) is 19.7 Å². The zero-order valence-electron chi connectivity index (χ0n) is 14.2. The van der Waals surface area contributed by atoms with Crippen molar-refractivity contribution < 1.29 is 27.1 Å². The van der Waals surface area contributed by atoms with Gasteiger partial charge in [0.05, 0.1) is 12.2 Å². The normalized spacial score (nSPS) is 11.2. The maximum atomic E-state index is 13.4. The van der Waals surface area contributed by atoms with Gasteiger partial charge in [-0.05, 0) is 37.1 Å². The second-order valence-electron chi connectivity index (χ2n) is 5.71. The maximum Gasteiger partial charge on any atom is 0.422 e. The Bertz CT molecular complexity index is 771. The lowest BCUT2D eigenvalue weighted by Crippen LogP contribution is -2.24. The topological polar surface area (TPSA) is 50.4 Å². The molecule has 0 radical (unpaired) electrons. The number of amides is 1. The number of benzene rings is 2. The van der Waals surface area contributed by atoms with E-state index in [0.717, 1.165) is 29.3 Å². The zero-order chi connectivity index (χ0) is 19.3. The summed E-state index contributed by atoms with van der Waals surface area (Å²) >= 11 is 0. The highest BCUT2D eigenvalue weighted by atomic mass is 19.4. The standard InChI is InChI=1S/C18H18F4N2O2/c1-11-4-3-5-12(2)17(11)24-16(25)9-23-14-8-13(19)6-7-15(14)26-10-18(20,21)22/h3-8,23H,9-10H2,1-2H3,(H,24,25). The van der Waals surface area contributed by atoms with Crippen LogP contribution in [-0.4, -0.2) is 25.2 Å². The van der Waals surface area contributed by atoms with Gasteiger partial charge >= 0.3 is 6.18 Å². The lowest BCUT2D eigenvalue weighted by molar-refractivity contribution is -0.153. The Morgan fingerprint density at radius 3 is 2.38 bits per heavy atom. The largest absolute Gasteiger partial charge is 0.482 e. The summed E-state index contributed by atoms with van der Waals surface area (Å²) in [5, 5.41) is 5.33. The molecule has 0 saturated carbocycles. The molecule has 0 aliphatic carbocycles. The Morgan fingerprint density at radius 2 is 1.77 bits per heavy atom. The number of carbonyl (C=O) groups excluding carboxylic acids is 1. The number of para-hydroxylation sites is 1. The van der Waals surface area contributed by atoms with Crippen LogP contribution in [0.15, 0.2) is 36.4 Å². The lowest BCUT2D eigenvalue weighted by atomic mass is 10.1. The first kappa shape index (κ1) is 19.6. The second kappa shape index (κ2) is 8.07. The molecular formula is C18H18F4N2O2. The molecule has 0 fully saturated rings. The van der Waals surface area contributed by atoms with Crippen molar-refractivity contribution >= 4 is 17.3 Å². The van der Waals surface area contributed by atoms with E-state index in [9.17, 15) is 22.4 Å². The van der Waals surface area contributed by atoms with Crippen molar-refractivity contribution in [3.63, 3.8) is 0 Å². The molecule has 0 saturated heterocycles.